The molecule has 0 amide bonds. The molecule has 1 saturated heterocycles. The molecular weight excluding hydrogens is 268 g/mol. The van der Waals surface area contributed by atoms with E-state index < -0.39 is 0 Å². The van der Waals surface area contributed by atoms with E-state index in [4.69, 9.17) is 14.2 Å². The van der Waals surface area contributed by atoms with Crippen molar-refractivity contribution in [1.82, 2.24) is 4.98 Å². The van der Waals surface area contributed by atoms with E-state index in [1.807, 2.05) is 18.3 Å². The van der Waals surface area contributed by atoms with Gasteiger partial charge in [-0.05, 0) is 24.8 Å². The minimum absolute atomic E-state index is 0.348. The Balaban J connectivity index is 1.82. The maximum absolute atomic E-state index is 5.79. The zero-order valence-corrected chi connectivity index (χ0v) is 13.2. The number of aromatic nitrogens is 1. The monoisotopic (exact) mass is 294 g/mol. The van der Waals surface area contributed by atoms with Crippen LogP contribution in [0.2, 0.25) is 0 Å². The summed E-state index contributed by atoms with van der Waals surface area (Å²) in [5, 5.41) is 3.54. The van der Waals surface area contributed by atoms with Crippen LogP contribution in [0.1, 0.15) is 26.7 Å². The van der Waals surface area contributed by atoms with E-state index in [1.54, 1.807) is 7.11 Å². The summed E-state index contributed by atoms with van der Waals surface area (Å²) >= 11 is 0. The Hall–Kier alpha value is -1.33. The highest BCUT2D eigenvalue weighted by atomic mass is 16.5. The van der Waals surface area contributed by atoms with Gasteiger partial charge >= 0.3 is 0 Å². The van der Waals surface area contributed by atoms with Crippen LogP contribution in [0.25, 0.3) is 0 Å². The van der Waals surface area contributed by atoms with Gasteiger partial charge in [0.1, 0.15) is 6.61 Å². The van der Waals surface area contributed by atoms with Gasteiger partial charge in [0.05, 0.1) is 24.6 Å². The Bertz CT molecular complexity index is 408. The first-order valence-electron chi connectivity index (χ1n) is 7.65. The van der Waals surface area contributed by atoms with Gasteiger partial charge in [-0.25, -0.2) is 4.98 Å². The summed E-state index contributed by atoms with van der Waals surface area (Å²) in [5.41, 5.74) is 1.03. The Morgan fingerprint density at radius 3 is 2.90 bits per heavy atom. The molecule has 0 spiro atoms. The molecule has 1 fully saturated rings. The van der Waals surface area contributed by atoms with Crippen molar-refractivity contribution >= 4 is 5.69 Å². The molecule has 1 aliphatic rings. The summed E-state index contributed by atoms with van der Waals surface area (Å²) in [4.78, 5) is 4.30. The second-order valence-corrected chi connectivity index (χ2v) is 5.75. The van der Waals surface area contributed by atoms with Gasteiger partial charge in [-0.2, -0.15) is 0 Å². The zero-order chi connectivity index (χ0) is 15.1. The molecule has 118 valence electrons. The van der Waals surface area contributed by atoms with Gasteiger partial charge in [0, 0.05) is 25.8 Å². The normalized spacial score (nSPS) is 22.3. The summed E-state index contributed by atoms with van der Waals surface area (Å²) in [5.74, 6) is 1.19. The lowest BCUT2D eigenvalue weighted by Crippen LogP contribution is -2.36. The quantitative estimate of drug-likeness (QED) is 0.784. The molecule has 2 heterocycles. The van der Waals surface area contributed by atoms with Crippen LogP contribution in [0, 0.1) is 5.92 Å². The number of anilines is 1. The molecule has 1 aromatic rings. The maximum atomic E-state index is 5.79. The number of methoxy groups -OCH3 is 1. The van der Waals surface area contributed by atoms with Crippen molar-refractivity contribution < 1.29 is 14.2 Å². The van der Waals surface area contributed by atoms with Crippen molar-refractivity contribution in [3.8, 4) is 5.88 Å². The van der Waals surface area contributed by atoms with Gasteiger partial charge in [-0.3, -0.25) is 0 Å². The summed E-state index contributed by atoms with van der Waals surface area (Å²) in [7, 11) is 1.65. The van der Waals surface area contributed by atoms with Gasteiger partial charge < -0.3 is 19.5 Å². The maximum Gasteiger partial charge on any atom is 0.213 e. The van der Waals surface area contributed by atoms with E-state index in [1.165, 1.54) is 0 Å². The SMILES string of the molecule is COCCOc1ccc(NC2CCOC(C(C)C)C2)cn1. The molecular formula is C16H26N2O3. The standard InChI is InChI=1S/C16H26N2O3/c1-12(2)15-10-13(6-7-20-15)18-14-4-5-16(17-11-14)21-9-8-19-3/h4-5,11-13,15,18H,6-10H2,1-3H3. The Morgan fingerprint density at radius 2 is 2.24 bits per heavy atom. The van der Waals surface area contributed by atoms with Crippen LogP contribution in [0.5, 0.6) is 5.88 Å². The molecule has 0 aromatic carbocycles. The molecule has 0 saturated carbocycles. The second kappa shape index (κ2) is 8.20. The van der Waals surface area contributed by atoms with Crippen LogP contribution >= 0.6 is 0 Å². The number of pyridine rings is 1. The Labute approximate surface area is 127 Å². The molecule has 0 radical (unpaired) electrons. The van der Waals surface area contributed by atoms with Crippen molar-refractivity contribution in [3.05, 3.63) is 18.3 Å². The van der Waals surface area contributed by atoms with Crippen molar-refractivity contribution in [1.29, 1.82) is 0 Å². The molecule has 2 atom stereocenters. The number of nitrogens with zero attached hydrogens (tertiary/aromatic N) is 1. The smallest absolute Gasteiger partial charge is 0.213 e. The fourth-order valence-electron chi connectivity index (χ4n) is 2.44. The van der Waals surface area contributed by atoms with Crippen LogP contribution < -0.4 is 10.1 Å². The van der Waals surface area contributed by atoms with Crippen LogP contribution in [0.4, 0.5) is 5.69 Å². The minimum atomic E-state index is 0.348. The van der Waals surface area contributed by atoms with Gasteiger partial charge in [0.2, 0.25) is 5.88 Å². The van der Waals surface area contributed by atoms with Gasteiger partial charge in [0.15, 0.2) is 0 Å². The number of ether oxygens (including phenoxy) is 3. The molecule has 5 nitrogen and oxygen atoms in total. The fourth-order valence-corrected chi connectivity index (χ4v) is 2.44. The molecule has 2 rings (SSSR count). The largest absolute Gasteiger partial charge is 0.475 e. The summed E-state index contributed by atoms with van der Waals surface area (Å²) in [6.07, 6.45) is 4.25. The lowest BCUT2D eigenvalue weighted by molar-refractivity contribution is -0.0160. The average Bonchev–Trinajstić information content (AvgIpc) is 2.49. The lowest BCUT2D eigenvalue weighted by atomic mass is 9.95. The highest BCUT2D eigenvalue weighted by Gasteiger charge is 2.24. The predicted octanol–water partition coefficient (Wildman–Crippen LogP) is 2.72. The average molecular weight is 294 g/mol. The molecule has 0 aliphatic carbocycles. The number of hydrogen-bond donors (Lipinski definition) is 1. The number of nitrogens with one attached hydrogen (secondary N) is 1. The first-order valence-corrected chi connectivity index (χ1v) is 7.65. The molecule has 21 heavy (non-hydrogen) atoms. The number of hydrogen-bond acceptors (Lipinski definition) is 5. The first kappa shape index (κ1) is 16.0. The highest BCUT2D eigenvalue weighted by molar-refractivity contribution is 5.43. The van der Waals surface area contributed by atoms with Gasteiger partial charge in [-0.1, -0.05) is 13.8 Å². The second-order valence-electron chi connectivity index (χ2n) is 5.75. The van der Waals surface area contributed by atoms with E-state index >= 15 is 0 Å². The fraction of sp³-hybridized carbons (Fsp3) is 0.688. The molecule has 2 unspecified atom stereocenters. The lowest BCUT2D eigenvalue weighted by Gasteiger charge is -2.32. The Kier molecular flexibility index (Phi) is 6.26. The molecule has 5 heteroatoms. The number of rotatable bonds is 7. The van der Waals surface area contributed by atoms with Crippen molar-refractivity contribution in [2.75, 3.05) is 32.2 Å². The summed E-state index contributed by atoms with van der Waals surface area (Å²) in [6.45, 7) is 6.33. The third-order valence-corrected chi connectivity index (χ3v) is 3.70. The van der Waals surface area contributed by atoms with Crippen LogP contribution in [0.15, 0.2) is 18.3 Å². The Morgan fingerprint density at radius 1 is 1.38 bits per heavy atom. The summed E-state index contributed by atoms with van der Waals surface area (Å²) < 4.78 is 16.2. The minimum Gasteiger partial charge on any atom is -0.475 e. The molecule has 1 aliphatic heterocycles. The molecule has 1 aromatic heterocycles. The van der Waals surface area contributed by atoms with Crippen molar-refractivity contribution in [2.24, 2.45) is 5.92 Å². The molecule has 0 bridgehead atoms. The van der Waals surface area contributed by atoms with E-state index in [-0.39, 0.29) is 0 Å². The van der Waals surface area contributed by atoms with Crippen LogP contribution in [0.3, 0.4) is 0 Å². The van der Waals surface area contributed by atoms with Crippen molar-refractivity contribution in [2.45, 2.75) is 38.8 Å². The van der Waals surface area contributed by atoms with E-state index in [0.29, 0.717) is 37.2 Å². The summed E-state index contributed by atoms with van der Waals surface area (Å²) in [6, 6.07) is 4.35. The van der Waals surface area contributed by atoms with Gasteiger partial charge in [-0.15, -0.1) is 0 Å². The highest BCUT2D eigenvalue weighted by Crippen LogP contribution is 2.23. The third kappa shape index (κ3) is 5.17. The zero-order valence-electron chi connectivity index (χ0n) is 13.2. The third-order valence-electron chi connectivity index (χ3n) is 3.70. The van der Waals surface area contributed by atoms with Crippen molar-refractivity contribution in [3.63, 3.8) is 0 Å². The topological polar surface area (TPSA) is 52.6 Å². The molecule has 1 N–H and O–H groups in total. The predicted molar refractivity (Wildman–Crippen MR) is 82.8 cm³/mol. The van der Waals surface area contributed by atoms with Crippen LogP contribution in [-0.4, -0.2) is 44.1 Å². The first-order chi connectivity index (χ1) is 10.2. The van der Waals surface area contributed by atoms with E-state index in [0.717, 1.165) is 25.1 Å². The van der Waals surface area contributed by atoms with Crippen LogP contribution in [-0.2, 0) is 9.47 Å². The van der Waals surface area contributed by atoms with Gasteiger partial charge in [0.25, 0.3) is 0 Å². The van der Waals surface area contributed by atoms with E-state index in [9.17, 15) is 0 Å². The van der Waals surface area contributed by atoms with E-state index in [2.05, 4.69) is 24.1 Å².